The number of carboxylic acids is 1. The Morgan fingerprint density at radius 2 is 1.75 bits per heavy atom. The Balaban J connectivity index is 1.20. The smallest absolute Gasteiger partial charge is 0.321 e. The maximum absolute atomic E-state index is 11.8. The Kier molecular flexibility index (Phi) is 8.60. The summed E-state index contributed by atoms with van der Waals surface area (Å²) in [6, 6.07) is 6.00. The zero-order chi connectivity index (χ0) is 28.8. The zero-order valence-corrected chi connectivity index (χ0v) is 24.5. The van der Waals surface area contributed by atoms with Gasteiger partial charge in [0.2, 0.25) is 0 Å². The number of hydrogen-bond acceptors (Lipinski definition) is 6. The van der Waals surface area contributed by atoms with Gasteiger partial charge in [-0.3, -0.25) is 4.79 Å². The van der Waals surface area contributed by atoms with Crippen LogP contribution in [0.4, 0.5) is 0 Å². The topological polar surface area (TPSA) is 130 Å². The highest BCUT2D eigenvalue weighted by atomic mass is 16.4. The molecular formula is C33H51NO6. The van der Waals surface area contributed by atoms with Crippen molar-refractivity contribution in [2.75, 3.05) is 6.54 Å². The first kappa shape index (κ1) is 29.8. The van der Waals surface area contributed by atoms with Crippen LogP contribution in [0.3, 0.4) is 0 Å². The van der Waals surface area contributed by atoms with Crippen molar-refractivity contribution in [2.24, 2.45) is 46.3 Å². The second kappa shape index (κ2) is 11.5. The second-order valence-electron chi connectivity index (χ2n) is 14.4. The Morgan fingerprint density at radius 1 is 1.02 bits per heavy atom. The third kappa shape index (κ3) is 5.32. The van der Waals surface area contributed by atoms with Gasteiger partial charge in [0.1, 0.15) is 11.8 Å². The zero-order valence-electron chi connectivity index (χ0n) is 24.5. The summed E-state index contributed by atoms with van der Waals surface area (Å²) in [6.07, 6.45) is 7.43. The average Bonchev–Trinajstić information content (AvgIpc) is 3.27. The molecule has 4 aliphatic rings. The molecule has 1 aromatic carbocycles. The lowest BCUT2D eigenvalue weighted by atomic mass is 9.43. The number of nitrogens with one attached hydrogen (secondary N) is 1. The summed E-state index contributed by atoms with van der Waals surface area (Å²) in [5.74, 6) is 1.25. The number of phenols is 1. The van der Waals surface area contributed by atoms with Gasteiger partial charge in [-0.25, -0.2) is 0 Å². The Bertz CT molecular complexity index is 1030. The van der Waals surface area contributed by atoms with Crippen LogP contribution in [0.1, 0.15) is 84.1 Å². The molecule has 1 unspecified atom stereocenters. The van der Waals surface area contributed by atoms with Gasteiger partial charge in [0.05, 0.1) is 18.3 Å². The van der Waals surface area contributed by atoms with Crippen LogP contribution in [0.2, 0.25) is 0 Å². The van der Waals surface area contributed by atoms with Crippen molar-refractivity contribution in [3.63, 3.8) is 0 Å². The molecule has 12 atom stereocenters. The first-order valence-electron chi connectivity index (χ1n) is 15.7. The van der Waals surface area contributed by atoms with Crippen molar-refractivity contribution in [3.05, 3.63) is 29.8 Å². The summed E-state index contributed by atoms with van der Waals surface area (Å²) >= 11 is 0. The van der Waals surface area contributed by atoms with Crippen molar-refractivity contribution in [3.8, 4) is 5.75 Å². The van der Waals surface area contributed by atoms with Gasteiger partial charge < -0.3 is 30.8 Å². The first-order valence-corrected chi connectivity index (χ1v) is 15.7. The van der Waals surface area contributed by atoms with Gasteiger partial charge in [0.15, 0.2) is 0 Å². The molecular weight excluding hydrogens is 506 g/mol. The van der Waals surface area contributed by atoms with Gasteiger partial charge in [-0.15, -0.1) is 0 Å². The molecule has 40 heavy (non-hydrogen) atoms. The molecule has 0 saturated heterocycles. The van der Waals surface area contributed by atoms with Crippen LogP contribution >= 0.6 is 0 Å². The van der Waals surface area contributed by atoms with Gasteiger partial charge in [0, 0.05) is 0 Å². The fourth-order valence-corrected chi connectivity index (χ4v) is 10.1. The van der Waals surface area contributed by atoms with Crippen molar-refractivity contribution < 1.29 is 30.3 Å². The molecule has 7 heteroatoms. The summed E-state index contributed by atoms with van der Waals surface area (Å²) in [6.45, 7) is 7.56. The number of aromatic hydroxyl groups is 1. The van der Waals surface area contributed by atoms with E-state index in [1.807, 2.05) is 0 Å². The minimum absolute atomic E-state index is 0.0849. The fraction of sp³-hybridized carbons (Fsp3) is 0.788. The number of phenolic OH excluding ortho intramolecular Hbond substituents is 1. The quantitative estimate of drug-likeness (QED) is 0.249. The SMILES string of the molecule is C[C@H](CCCNC(Cc1ccc(O)cc1)C(=O)O)[C@H]1CC[C@H]2[C@@H]3[C@H](O)C[C@@H]4C[C@H](O)CC[C@]4(C)[C@H]3C[C@H](O)[C@]12C. The van der Waals surface area contributed by atoms with E-state index in [4.69, 9.17) is 0 Å². The predicted molar refractivity (Wildman–Crippen MR) is 154 cm³/mol. The summed E-state index contributed by atoms with van der Waals surface area (Å²) < 4.78 is 0. The monoisotopic (exact) mass is 557 g/mol. The number of benzene rings is 1. The van der Waals surface area contributed by atoms with Gasteiger partial charge in [0.25, 0.3) is 0 Å². The molecule has 0 spiro atoms. The lowest BCUT2D eigenvalue weighted by molar-refractivity contribution is -0.207. The summed E-state index contributed by atoms with van der Waals surface area (Å²) in [7, 11) is 0. The van der Waals surface area contributed by atoms with Crippen molar-refractivity contribution >= 4 is 5.97 Å². The maximum atomic E-state index is 11.8. The van der Waals surface area contributed by atoms with Crippen LogP contribution in [0, 0.1) is 46.3 Å². The van der Waals surface area contributed by atoms with E-state index in [1.54, 1.807) is 24.3 Å². The normalized spacial score (nSPS) is 42.4. The first-order chi connectivity index (χ1) is 18.9. The van der Waals surface area contributed by atoms with E-state index >= 15 is 0 Å². The van der Waals surface area contributed by atoms with Crippen LogP contribution in [-0.2, 0) is 11.2 Å². The lowest BCUT2D eigenvalue weighted by Gasteiger charge is -2.63. The molecule has 6 N–H and O–H groups in total. The van der Waals surface area contributed by atoms with Crippen LogP contribution in [0.25, 0.3) is 0 Å². The predicted octanol–water partition coefficient (Wildman–Crippen LogP) is 4.36. The van der Waals surface area contributed by atoms with Gasteiger partial charge in [-0.1, -0.05) is 32.9 Å². The molecule has 5 rings (SSSR count). The molecule has 0 aliphatic heterocycles. The molecule has 0 aromatic heterocycles. The standard InChI is InChI=1S/C33H51NO6/c1-19(5-4-14-34-27(31(39)40)15-20-6-8-22(35)9-7-20)24-10-11-25-30-26(18-29(38)33(24,25)3)32(2)13-12-23(36)16-21(32)17-28(30)37/h6-9,19,21,23-30,34-38H,4-5,10-18H2,1-3H3,(H,39,40)/t19-,21+,23-,24-,25+,26+,27?,28-,29+,30+,32+,33-/m1/s1. The molecule has 0 radical (unpaired) electrons. The molecule has 7 nitrogen and oxygen atoms in total. The van der Waals surface area contributed by atoms with Gasteiger partial charge in [-0.2, -0.15) is 0 Å². The lowest BCUT2D eigenvalue weighted by Crippen LogP contribution is -2.62. The molecule has 0 heterocycles. The molecule has 0 amide bonds. The van der Waals surface area contributed by atoms with Crippen LogP contribution in [0.15, 0.2) is 24.3 Å². The van der Waals surface area contributed by atoms with E-state index < -0.39 is 12.0 Å². The number of carboxylic acid groups (broad SMARTS) is 1. The molecule has 4 fully saturated rings. The van der Waals surface area contributed by atoms with E-state index in [-0.39, 0.29) is 40.8 Å². The van der Waals surface area contributed by atoms with Crippen LogP contribution < -0.4 is 5.32 Å². The number of fused-ring (bicyclic) bond motifs is 5. The number of rotatable bonds is 9. The van der Waals surface area contributed by atoms with Gasteiger partial charge in [-0.05, 0) is 135 Å². The number of hydrogen-bond donors (Lipinski definition) is 6. The van der Waals surface area contributed by atoms with E-state index in [1.165, 1.54) is 0 Å². The van der Waals surface area contributed by atoms with E-state index in [2.05, 4.69) is 26.1 Å². The Morgan fingerprint density at radius 3 is 2.45 bits per heavy atom. The van der Waals surface area contributed by atoms with Crippen molar-refractivity contribution in [1.29, 1.82) is 0 Å². The highest BCUT2D eigenvalue weighted by Crippen LogP contribution is 2.68. The molecule has 224 valence electrons. The van der Waals surface area contributed by atoms with Gasteiger partial charge >= 0.3 is 5.97 Å². The largest absolute Gasteiger partial charge is 0.508 e. The van der Waals surface area contributed by atoms with Crippen LogP contribution in [0.5, 0.6) is 5.75 Å². The highest BCUT2D eigenvalue weighted by molar-refractivity contribution is 5.73. The Labute approximate surface area is 239 Å². The third-order valence-electron chi connectivity index (χ3n) is 12.4. The van der Waals surface area contributed by atoms with Crippen molar-refractivity contribution in [1.82, 2.24) is 5.32 Å². The van der Waals surface area contributed by atoms with Crippen LogP contribution in [-0.4, -0.2) is 62.4 Å². The Hall–Kier alpha value is -1.67. The van der Waals surface area contributed by atoms with E-state index in [0.29, 0.717) is 42.6 Å². The summed E-state index contributed by atoms with van der Waals surface area (Å²) in [5.41, 5.74) is 0.742. The minimum Gasteiger partial charge on any atom is -0.508 e. The van der Waals surface area contributed by atoms with E-state index in [0.717, 1.165) is 63.4 Å². The number of aliphatic hydroxyl groups is 3. The van der Waals surface area contributed by atoms with Crippen molar-refractivity contribution in [2.45, 2.75) is 109 Å². The number of carbonyl (C=O) groups is 1. The maximum Gasteiger partial charge on any atom is 0.321 e. The molecule has 0 bridgehead atoms. The molecule has 4 saturated carbocycles. The highest BCUT2D eigenvalue weighted by Gasteiger charge is 2.65. The molecule has 1 aromatic rings. The third-order valence-corrected chi connectivity index (χ3v) is 12.4. The summed E-state index contributed by atoms with van der Waals surface area (Å²) in [5, 5.41) is 56.0. The minimum atomic E-state index is -0.874. The van der Waals surface area contributed by atoms with E-state index in [9.17, 15) is 30.3 Å². The number of aliphatic hydroxyl groups excluding tert-OH is 3. The average molecular weight is 558 g/mol. The molecule has 4 aliphatic carbocycles. The number of aliphatic carboxylic acids is 1. The second-order valence-corrected chi connectivity index (χ2v) is 14.4. The fourth-order valence-electron chi connectivity index (χ4n) is 10.1. The summed E-state index contributed by atoms with van der Waals surface area (Å²) in [4.78, 5) is 11.8.